The fourth-order valence-corrected chi connectivity index (χ4v) is 3.37. The predicted molar refractivity (Wildman–Crippen MR) is 110 cm³/mol. The van der Waals surface area contributed by atoms with Gasteiger partial charge >= 0.3 is 0 Å². The molecule has 1 N–H and O–H groups in total. The zero-order valence-corrected chi connectivity index (χ0v) is 17.0. The van der Waals surface area contributed by atoms with Crippen LogP contribution in [-0.2, 0) is 5.75 Å². The monoisotopic (exact) mass is 392 g/mol. The lowest BCUT2D eigenvalue weighted by molar-refractivity contribution is 0.0951. The van der Waals surface area contributed by atoms with Gasteiger partial charge in [0.1, 0.15) is 0 Å². The molecule has 7 heteroatoms. The molecule has 1 aromatic carbocycles. The predicted octanol–water partition coefficient (Wildman–Crippen LogP) is 3.95. The standard InChI is InChI=1S/C19H25ClN4OS/c1-4-24(5-2)19-22-12-16(20)17(23-19)18(25)21-10-11-26-13-15-8-6-14(3)7-9-15/h6-9,12H,4-5,10-11,13H2,1-3H3,(H,21,25). The van der Waals surface area contributed by atoms with Crippen molar-refractivity contribution in [1.29, 1.82) is 0 Å². The van der Waals surface area contributed by atoms with Gasteiger partial charge in [-0.15, -0.1) is 0 Å². The molecule has 0 saturated carbocycles. The topological polar surface area (TPSA) is 58.1 Å². The first-order valence-corrected chi connectivity index (χ1v) is 10.3. The minimum atomic E-state index is -0.262. The summed E-state index contributed by atoms with van der Waals surface area (Å²) in [5.74, 6) is 2.02. The summed E-state index contributed by atoms with van der Waals surface area (Å²) in [4.78, 5) is 22.9. The van der Waals surface area contributed by atoms with Gasteiger partial charge in [-0.25, -0.2) is 9.97 Å². The molecule has 1 aromatic heterocycles. The van der Waals surface area contributed by atoms with Crippen molar-refractivity contribution in [2.24, 2.45) is 0 Å². The molecular formula is C19H25ClN4OS. The molecule has 0 atom stereocenters. The molecule has 2 aromatic rings. The van der Waals surface area contributed by atoms with Crippen molar-refractivity contribution in [2.75, 3.05) is 30.3 Å². The molecule has 0 spiro atoms. The molecule has 1 heterocycles. The second-order valence-corrected chi connectivity index (χ2v) is 7.35. The van der Waals surface area contributed by atoms with Crippen LogP contribution in [0.5, 0.6) is 0 Å². The van der Waals surface area contributed by atoms with Crippen molar-refractivity contribution in [2.45, 2.75) is 26.5 Å². The van der Waals surface area contributed by atoms with Gasteiger partial charge in [-0.05, 0) is 26.3 Å². The fraction of sp³-hybridized carbons (Fsp3) is 0.421. The number of nitrogens with one attached hydrogen (secondary N) is 1. The quantitative estimate of drug-likeness (QED) is 0.655. The minimum absolute atomic E-state index is 0.229. The summed E-state index contributed by atoms with van der Waals surface area (Å²) in [6.07, 6.45) is 1.49. The van der Waals surface area contributed by atoms with E-state index in [0.717, 1.165) is 24.6 Å². The molecule has 0 unspecified atom stereocenters. The molecule has 0 fully saturated rings. The first-order valence-electron chi connectivity index (χ1n) is 8.74. The number of amides is 1. The van der Waals surface area contributed by atoms with Crippen molar-refractivity contribution in [3.63, 3.8) is 0 Å². The van der Waals surface area contributed by atoms with Crippen molar-refractivity contribution >= 4 is 35.2 Å². The van der Waals surface area contributed by atoms with E-state index < -0.39 is 0 Å². The number of halogens is 1. The van der Waals surface area contributed by atoms with Gasteiger partial charge in [0.25, 0.3) is 5.91 Å². The Morgan fingerprint density at radius 2 is 1.92 bits per heavy atom. The van der Waals surface area contributed by atoms with E-state index in [9.17, 15) is 4.79 Å². The number of thioether (sulfide) groups is 1. The second kappa shape index (κ2) is 10.4. The van der Waals surface area contributed by atoms with E-state index in [0.29, 0.717) is 12.5 Å². The lowest BCUT2D eigenvalue weighted by Crippen LogP contribution is -2.29. The van der Waals surface area contributed by atoms with Crippen molar-refractivity contribution < 1.29 is 4.79 Å². The molecule has 5 nitrogen and oxygen atoms in total. The summed E-state index contributed by atoms with van der Waals surface area (Å²) in [5, 5.41) is 3.15. The lowest BCUT2D eigenvalue weighted by Gasteiger charge is -2.19. The van der Waals surface area contributed by atoms with Crippen LogP contribution in [0.25, 0.3) is 0 Å². The molecule has 0 saturated heterocycles. The SMILES string of the molecule is CCN(CC)c1ncc(Cl)c(C(=O)NCCSCc2ccc(C)cc2)n1. The van der Waals surface area contributed by atoms with Crippen LogP contribution >= 0.6 is 23.4 Å². The molecule has 0 aliphatic rings. The summed E-state index contributed by atoms with van der Waals surface area (Å²) in [7, 11) is 0. The minimum Gasteiger partial charge on any atom is -0.350 e. The van der Waals surface area contributed by atoms with Crippen LogP contribution in [0.2, 0.25) is 5.02 Å². The number of aromatic nitrogens is 2. The number of rotatable bonds is 9. The molecule has 1 amide bonds. The maximum atomic E-state index is 12.4. The number of anilines is 1. The largest absolute Gasteiger partial charge is 0.350 e. The van der Waals surface area contributed by atoms with Crippen LogP contribution in [0.15, 0.2) is 30.5 Å². The van der Waals surface area contributed by atoms with E-state index in [2.05, 4.69) is 46.5 Å². The molecule has 2 rings (SSSR count). The molecular weight excluding hydrogens is 368 g/mol. The van der Waals surface area contributed by atoms with Crippen LogP contribution in [0.3, 0.4) is 0 Å². The van der Waals surface area contributed by atoms with E-state index in [1.807, 2.05) is 18.7 Å². The van der Waals surface area contributed by atoms with E-state index in [1.54, 1.807) is 11.8 Å². The summed E-state index contributed by atoms with van der Waals surface area (Å²) < 4.78 is 0. The number of carbonyl (C=O) groups excluding carboxylic acids is 1. The van der Waals surface area contributed by atoms with Gasteiger partial charge in [-0.3, -0.25) is 4.79 Å². The first kappa shape index (κ1) is 20.5. The summed E-state index contributed by atoms with van der Waals surface area (Å²) in [5.41, 5.74) is 2.78. The van der Waals surface area contributed by atoms with E-state index in [4.69, 9.17) is 11.6 Å². The number of hydrogen-bond donors (Lipinski definition) is 1. The first-order chi connectivity index (χ1) is 12.5. The molecule has 0 radical (unpaired) electrons. The zero-order valence-electron chi connectivity index (χ0n) is 15.5. The molecule has 0 aliphatic carbocycles. The van der Waals surface area contributed by atoms with Crippen LogP contribution in [0.1, 0.15) is 35.5 Å². The Morgan fingerprint density at radius 3 is 2.58 bits per heavy atom. The van der Waals surface area contributed by atoms with E-state index in [1.165, 1.54) is 17.3 Å². The highest BCUT2D eigenvalue weighted by atomic mass is 35.5. The van der Waals surface area contributed by atoms with Gasteiger partial charge < -0.3 is 10.2 Å². The maximum absolute atomic E-state index is 12.4. The van der Waals surface area contributed by atoms with Gasteiger partial charge in [0.2, 0.25) is 5.95 Å². The third-order valence-electron chi connectivity index (χ3n) is 3.91. The van der Waals surface area contributed by atoms with Crippen LogP contribution in [0, 0.1) is 6.92 Å². The van der Waals surface area contributed by atoms with Gasteiger partial charge in [0.15, 0.2) is 5.69 Å². The molecule has 140 valence electrons. The highest BCUT2D eigenvalue weighted by Crippen LogP contribution is 2.17. The normalized spacial score (nSPS) is 10.6. The van der Waals surface area contributed by atoms with Gasteiger partial charge in [0, 0.05) is 31.1 Å². The van der Waals surface area contributed by atoms with E-state index in [-0.39, 0.29) is 16.6 Å². The molecule has 0 aliphatic heterocycles. The Bertz CT molecular complexity index is 720. The second-order valence-electron chi connectivity index (χ2n) is 5.83. The number of benzene rings is 1. The third-order valence-corrected chi connectivity index (χ3v) is 5.22. The Kier molecular flexibility index (Phi) is 8.19. The van der Waals surface area contributed by atoms with Gasteiger partial charge in [-0.1, -0.05) is 41.4 Å². The smallest absolute Gasteiger partial charge is 0.271 e. The van der Waals surface area contributed by atoms with E-state index >= 15 is 0 Å². The number of carbonyl (C=O) groups is 1. The number of aryl methyl sites for hydroxylation is 1. The number of hydrogen-bond acceptors (Lipinski definition) is 5. The molecule has 0 bridgehead atoms. The molecule has 26 heavy (non-hydrogen) atoms. The third kappa shape index (κ3) is 5.88. The maximum Gasteiger partial charge on any atom is 0.271 e. The average Bonchev–Trinajstić information content (AvgIpc) is 2.65. The summed E-state index contributed by atoms with van der Waals surface area (Å²) in [6.45, 7) is 8.23. The zero-order chi connectivity index (χ0) is 18.9. The van der Waals surface area contributed by atoms with Crippen LogP contribution < -0.4 is 10.2 Å². The van der Waals surface area contributed by atoms with Gasteiger partial charge in [0.05, 0.1) is 11.2 Å². The Morgan fingerprint density at radius 1 is 1.23 bits per heavy atom. The van der Waals surface area contributed by atoms with Crippen molar-refractivity contribution in [3.8, 4) is 0 Å². The summed E-state index contributed by atoms with van der Waals surface area (Å²) >= 11 is 7.89. The van der Waals surface area contributed by atoms with Crippen molar-refractivity contribution in [3.05, 3.63) is 52.3 Å². The Labute approximate surface area is 164 Å². The van der Waals surface area contributed by atoms with Crippen LogP contribution in [-0.4, -0.2) is 41.3 Å². The highest BCUT2D eigenvalue weighted by molar-refractivity contribution is 7.98. The van der Waals surface area contributed by atoms with Crippen molar-refractivity contribution in [1.82, 2.24) is 15.3 Å². The number of nitrogens with zero attached hydrogens (tertiary/aromatic N) is 3. The lowest BCUT2D eigenvalue weighted by atomic mass is 10.2. The fourth-order valence-electron chi connectivity index (χ4n) is 2.37. The Balaban J connectivity index is 1.83. The van der Waals surface area contributed by atoms with Crippen LogP contribution in [0.4, 0.5) is 5.95 Å². The van der Waals surface area contributed by atoms with Gasteiger partial charge in [-0.2, -0.15) is 11.8 Å². The highest BCUT2D eigenvalue weighted by Gasteiger charge is 2.15. The summed E-state index contributed by atoms with van der Waals surface area (Å²) in [6, 6.07) is 8.50. The Hall–Kier alpha value is -1.79. The average molecular weight is 393 g/mol.